The van der Waals surface area contributed by atoms with Gasteiger partial charge in [0.15, 0.2) is 0 Å². The number of carbonyl (C=O) groups excluding carboxylic acids is 1. The molecule has 3 atom stereocenters. The Morgan fingerprint density at radius 3 is 2.62 bits per heavy atom. The van der Waals surface area contributed by atoms with Crippen LogP contribution in [0, 0.1) is 12.8 Å². The molecule has 2 heterocycles. The fourth-order valence-electron chi connectivity index (χ4n) is 4.87. The predicted molar refractivity (Wildman–Crippen MR) is 133 cm³/mol. The summed E-state index contributed by atoms with van der Waals surface area (Å²) in [7, 11) is 0. The van der Waals surface area contributed by atoms with E-state index in [-0.39, 0.29) is 5.92 Å². The quantitative estimate of drug-likeness (QED) is 0.607. The third kappa shape index (κ3) is 6.65. The molecule has 1 aliphatic carbocycles. The van der Waals surface area contributed by atoms with Crippen molar-refractivity contribution in [2.45, 2.75) is 83.9 Å². The van der Waals surface area contributed by atoms with Gasteiger partial charge in [0.1, 0.15) is 5.60 Å². The van der Waals surface area contributed by atoms with Crippen LogP contribution in [0.4, 0.5) is 10.5 Å². The smallest absolute Gasteiger partial charge is 0.433 e. The molecule has 0 radical (unpaired) electrons. The van der Waals surface area contributed by atoms with Crippen molar-refractivity contribution in [2.24, 2.45) is 10.9 Å². The Labute approximate surface area is 202 Å². The molecule has 4 rings (SSSR count). The Morgan fingerprint density at radius 1 is 1.15 bits per heavy atom. The molecule has 1 aromatic heterocycles. The second-order valence-corrected chi connectivity index (χ2v) is 10.4. The molecule has 1 amide bonds. The first-order valence-corrected chi connectivity index (χ1v) is 12.5. The van der Waals surface area contributed by atoms with E-state index in [2.05, 4.69) is 37.5 Å². The zero-order valence-corrected chi connectivity index (χ0v) is 20.8. The third-order valence-electron chi connectivity index (χ3n) is 6.46. The van der Waals surface area contributed by atoms with Gasteiger partial charge in [-0.15, -0.1) is 10.2 Å². The summed E-state index contributed by atoms with van der Waals surface area (Å²) in [6.45, 7) is 9.39. The summed E-state index contributed by atoms with van der Waals surface area (Å²) in [6, 6.07) is 9.11. The Morgan fingerprint density at radius 2 is 1.91 bits per heavy atom. The number of carbonyl (C=O) groups is 1. The molecule has 184 valence electrons. The summed E-state index contributed by atoms with van der Waals surface area (Å²) in [6.07, 6.45) is 8.17. The van der Waals surface area contributed by atoms with Crippen molar-refractivity contribution < 1.29 is 13.9 Å². The van der Waals surface area contributed by atoms with E-state index >= 15 is 0 Å². The molecule has 8 nitrogen and oxygen atoms in total. The van der Waals surface area contributed by atoms with Gasteiger partial charge in [-0.25, -0.2) is 4.79 Å². The molecule has 1 aliphatic heterocycles. The summed E-state index contributed by atoms with van der Waals surface area (Å²) in [4.78, 5) is 18.6. The topological polar surface area (TPSA) is 92.9 Å². The number of nitrogens with one attached hydrogen (secondary N) is 1. The highest BCUT2D eigenvalue weighted by atomic mass is 16.6. The van der Waals surface area contributed by atoms with E-state index in [1.165, 1.54) is 18.5 Å². The Hall–Kier alpha value is -2.74. The van der Waals surface area contributed by atoms with Crippen molar-refractivity contribution in [3.8, 4) is 11.5 Å². The number of hydrogen-bond acceptors (Lipinski definition) is 7. The predicted octanol–water partition coefficient (Wildman–Crippen LogP) is 5.17. The van der Waals surface area contributed by atoms with Crippen molar-refractivity contribution in [1.82, 2.24) is 15.5 Å². The lowest BCUT2D eigenvalue weighted by Gasteiger charge is -2.39. The SMILES string of the molecule is Cc1nnc(-c2ccc(N3CCCC(N[C@@H]4CCCCC4/C=N\C(=O)OC(C)(C)C)C3)cc2)o1. The highest BCUT2D eigenvalue weighted by Crippen LogP contribution is 2.27. The number of rotatable bonds is 5. The molecule has 0 spiro atoms. The molecule has 2 fully saturated rings. The van der Waals surface area contributed by atoms with Crippen molar-refractivity contribution in [3.63, 3.8) is 0 Å². The lowest BCUT2D eigenvalue weighted by atomic mass is 9.84. The first-order valence-electron chi connectivity index (χ1n) is 12.5. The molecule has 34 heavy (non-hydrogen) atoms. The number of piperidine rings is 1. The Bertz CT molecular complexity index is 979. The summed E-state index contributed by atoms with van der Waals surface area (Å²) >= 11 is 0. The number of anilines is 1. The average molecular weight is 468 g/mol. The number of nitrogens with zero attached hydrogens (tertiary/aromatic N) is 4. The third-order valence-corrected chi connectivity index (χ3v) is 6.46. The molecule has 2 aliphatic rings. The first kappa shape index (κ1) is 24.4. The van der Waals surface area contributed by atoms with Crippen molar-refractivity contribution in [1.29, 1.82) is 0 Å². The Balaban J connectivity index is 1.35. The zero-order chi connectivity index (χ0) is 24.1. The minimum atomic E-state index is -0.521. The minimum Gasteiger partial charge on any atom is -0.442 e. The van der Waals surface area contributed by atoms with Crippen molar-refractivity contribution >= 4 is 18.0 Å². The number of hydrogen-bond donors (Lipinski definition) is 1. The van der Waals surface area contributed by atoms with Gasteiger partial charge in [-0.2, -0.15) is 4.99 Å². The lowest BCUT2D eigenvalue weighted by Crippen LogP contribution is -2.52. The van der Waals surface area contributed by atoms with Gasteiger partial charge in [0.25, 0.3) is 0 Å². The van der Waals surface area contributed by atoms with Crippen LogP contribution in [-0.4, -0.2) is 53.3 Å². The van der Waals surface area contributed by atoms with Gasteiger partial charge in [-0.05, 0) is 70.7 Å². The lowest BCUT2D eigenvalue weighted by molar-refractivity contribution is 0.0604. The van der Waals surface area contributed by atoms with E-state index in [0.717, 1.165) is 44.3 Å². The summed E-state index contributed by atoms with van der Waals surface area (Å²) in [5.41, 5.74) is 1.62. The first-order chi connectivity index (χ1) is 16.3. The molecule has 2 unspecified atom stereocenters. The number of ether oxygens (including phenoxy) is 1. The number of aliphatic imine (C=N–C) groups is 1. The molecule has 1 aromatic carbocycles. The fourth-order valence-corrected chi connectivity index (χ4v) is 4.87. The second kappa shape index (κ2) is 10.7. The van der Waals surface area contributed by atoms with E-state index < -0.39 is 11.7 Å². The van der Waals surface area contributed by atoms with E-state index in [4.69, 9.17) is 9.15 Å². The monoisotopic (exact) mass is 467 g/mol. The standard InChI is InChI=1S/C26H37N5O3/c1-18-29-30-24(33-18)19-11-13-22(14-12-19)31-15-7-9-21(17-31)28-23-10-6-5-8-20(23)16-27-25(32)34-26(2,3)4/h11-14,16,20-21,23,28H,5-10,15,17H2,1-4H3/b27-16-/t20?,21?,23-/m1/s1. The second-order valence-electron chi connectivity index (χ2n) is 10.4. The van der Waals surface area contributed by atoms with Gasteiger partial charge in [-0.1, -0.05) is 12.8 Å². The van der Waals surface area contributed by atoms with Crippen LogP contribution in [0.25, 0.3) is 11.5 Å². The van der Waals surface area contributed by atoms with E-state index in [9.17, 15) is 4.79 Å². The molecule has 1 N–H and O–H groups in total. The van der Waals surface area contributed by atoms with Crippen LogP contribution in [-0.2, 0) is 4.74 Å². The maximum absolute atomic E-state index is 12.1. The number of benzene rings is 1. The van der Waals surface area contributed by atoms with Gasteiger partial charge in [0.05, 0.1) is 0 Å². The molecule has 1 saturated carbocycles. The zero-order valence-electron chi connectivity index (χ0n) is 20.8. The number of aryl methyl sites for hydroxylation is 1. The number of aromatic nitrogens is 2. The van der Waals surface area contributed by atoms with Gasteiger partial charge < -0.3 is 19.4 Å². The average Bonchev–Trinajstić information content (AvgIpc) is 3.24. The largest absolute Gasteiger partial charge is 0.442 e. The molecule has 8 heteroatoms. The molecule has 1 saturated heterocycles. The van der Waals surface area contributed by atoms with Gasteiger partial charge in [-0.3, -0.25) is 0 Å². The van der Waals surface area contributed by atoms with Crippen LogP contribution < -0.4 is 10.2 Å². The van der Waals surface area contributed by atoms with Gasteiger partial charge >= 0.3 is 6.09 Å². The maximum atomic E-state index is 12.1. The number of amides is 1. The highest BCUT2D eigenvalue weighted by molar-refractivity contribution is 5.80. The molecular weight excluding hydrogens is 430 g/mol. The van der Waals surface area contributed by atoms with Crippen LogP contribution in [0.15, 0.2) is 33.7 Å². The summed E-state index contributed by atoms with van der Waals surface area (Å²) < 4.78 is 10.9. The van der Waals surface area contributed by atoms with E-state index in [0.29, 0.717) is 23.9 Å². The Kier molecular flexibility index (Phi) is 7.66. The van der Waals surface area contributed by atoms with Crippen LogP contribution in [0.1, 0.15) is 65.2 Å². The van der Waals surface area contributed by atoms with Crippen LogP contribution in [0.2, 0.25) is 0 Å². The molecular formula is C26H37N5O3. The van der Waals surface area contributed by atoms with E-state index in [1.807, 2.05) is 39.1 Å². The van der Waals surface area contributed by atoms with Crippen LogP contribution >= 0.6 is 0 Å². The maximum Gasteiger partial charge on any atom is 0.433 e. The normalized spacial score (nSPS) is 23.9. The van der Waals surface area contributed by atoms with E-state index in [1.54, 1.807) is 6.92 Å². The summed E-state index contributed by atoms with van der Waals surface area (Å²) in [5.74, 6) is 1.38. The molecule has 0 bridgehead atoms. The van der Waals surface area contributed by atoms with Gasteiger partial charge in [0, 0.05) is 55.5 Å². The van der Waals surface area contributed by atoms with Crippen molar-refractivity contribution in [3.05, 3.63) is 30.2 Å². The van der Waals surface area contributed by atoms with Crippen LogP contribution in [0.5, 0.6) is 0 Å². The molecule has 2 aromatic rings. The van der Waals surface area contributed by atoms with Gasteiger partial charge in [0.2, 0.25) is 11.8 Å². The fraction of sp³-hybridized carbons (Fsp3) is 0.615. The summed E-state index contributed by atoms with van der Waals surface area (Å²) in [5, 5.41) is 11.9. The van der Waals surface area contributed by atoms with Crippen LogP contribution in [0.3, 0.4) is 0 Å². The van der Waals surface area contributed by atoms with Crippen molar-refractivity contribution in [2.75, 3.05) is 18.0 Å². The minimum absolute atomic E-state index is 0.258. The highest BCUT2D eigenvalue weighted by Gasteiger charge is 2.29.